The highest BCUT2D eigenvalue weighted by Crippen LogP contribution is 2.36. The zero-order chi connectivity index (χ0) is 18.9. The number of methoxy groups -OCH3 is 2. The molecular weight excluding hydrogens is 334 g/mol. The Kier molecular flexibility index (Phi) is 4.91. The molecule has 0 bridgehead atoms. The van der Waals surface area contributed by atoms with Crippen molar-refractivity contribution in [3.63, 3.8) is 0 Å². The van der Waals surface area contributed by atoms with Gasteiger partial charge in [0.1, 0.15) is 11.4 Å². The van der Waals surface area contributed by atoms with E-state index in [1.54, 1.807) is 39.2 Å². The molecule has 2 heterocycles. The van der Waals surface area contributed by atoms with Crippen LogP contribution in [0, 0.1) is 0 Å². The van der Waals surface area contributed by atoms with Crippen LogP contribution in [0.3, 0.4) is 0 Å². The second kappa shape index (κ2) is 6.99. The Morgan fingerprint density at radius 1 is 1.27 bits per heavy atom. The van der Waals surface area contributed by atoms with Crippen molar-refractivity contribution in [1.82, 2.24) is 14.7 Å². The number of benzene rings is 1. The Morgan fingerprint density at radius 2 is 1.96 bits per heavy atom. The third-order valence-electron chi connectivity index (χ3n) is 5.10. The van der Waals surface area contributed by atoms with Crippen LogP contribution >= 0.6 is 0 Å². The standard InChI is InChI=1S/C19H25N3O4/c1-19(24,13-7-9-14(25-3)10-8-13)16-6-5-11-22(16)18(23)15-12-17(26-4)21(2)20-15/h7-10,12,16,24H,5-6,11H2,1-4H3/t16-,19+/m0/s1. The van der Waals surface area contributed by atoms with Crippen LogP contribution < -0.4 is 9.47 Å². The highest BCUT2D eigenvalue weighted by Gasteiger charge is 2.43. The van der Waals surface area contributed by atoms with E-state index in [1.807, 2.05) is 24.3 Å². The van der Waals surface area contributed by atoms with Gasteiger partial charge in [0.2, 0.25) is 5.88 Å². The zero-order valence-corrected chi connectivity index (χ0v) is 15.6. The van der Waals surface area contributed by atoms with E-state index in [1.165, 1.54) is 4.68 Å². The SMILES string of the molecule is COc1ccc([C@@](C)(O)[C@@H]2CCCN2C(=O)c2cc(OC)n(C)n2)cc1. The van der Waals surface area contributed by atoms with Crippen LogP contribution in [0.2, 0.25) is 0 Å². The predicted molar refractivity (Wildman–Crippen MR) is 96.4 cm³/mol. The molecule has 1 aromatic carbocycles. The van der Waals surface area contributed by atoms with E-state index in [0.29, 0.717) is 18.1 Å². The Labute approximate surface area is 153 Å². The maximum Gasteiger partial charge on any atom is 0.274 e. The predicted octanol–water partition coefficient (Wildman–Crippen LogP) is 1.95. The second-order valence-corrected chi connectivity index (χ2v) is 6.73. The highest BCUT2D eigenvalue weighted by molar-refractivity contribution is 5.93. The number of rotatable bonds is 5. The smallest absolute Gasteiger partial charge is 0.274 e. The Balaban J connectivity index is 1.86. The number of amides is 1. The van der Waals surface area contributed by atoms with E-state index in [9.17, 15) is 9.90 Å². The van der Waals surface area contributed by atoms with Gasteiger partial charge in [-0.3, -0.25) is 4.79 Å². The van der Waals surface area contributed by atoms with Gasteiger partial charge in [0.15, 0.2) is 5.69 Å². The van der Waals surface area contributed by atoms with Gasteiger partial charge in [-0.15, -0.1) is 0 Å². The molecule has 7 nitrogen and oxygen atoms in total. The maximum atomic E-state index is 13.0. The number of nitrogens with zero attached hydrogens (tertiary/aromatic N) is 3. The number of carbonyl (C=O) groups is 1. The molecule has 0 saturated carbocycles. The Bertz CT molecular complexity index is 783. The molecule has 26 heavy (non-hydrogen) atoms. The molecule has 1 fully saturated rings. The topological polar surface area (TPSA) is 76.8 Å². The van der Waals surface area contributed by atoms with Crippen LogP contribution in [0.15, 0.2) is 30.3 Å². The highest BCUT2D eigenvalue weighted by atomic mass is 16.5. The molecule has 7 heteroatoms. The number of ether oxygens (including phenoxy) is 2. The second-order valence-electron chi connectivity index (χ2n) is 6.73. The lowest BCUT2D eigenvalue weighted by Crippen LogP contribution is -2.48. The van der Waals surface area contributed by atoms with Crippen molar-refractivity contribution in [2.75, 3.05) is 20.8 Å². The number of aromatic nitrogens is 2. The van der Waals surface area contributed by atoms with Gasteiger partial charge < -0.3 is 19.5 Å². The molecule has 1 amide bonds. The zero-order valence-electron chi connectivity index (χ0n) is 15.6. The summed E-state index contributed by atoms with van der Waals surface area (Å²) in [6.45, 7) is 2.35. The van der Waals surface area contributed by atoms with Crippen molar-refractivity contribution in [1.29, 1.82) is 0 Å². The molecular formula is C19H25N3O4. The summed E-state index contributed by atoms with van der Waals surface area (Å²) in [4.78, 5) is 14.7. The summed E-state index contributed by atoms with van der Waals surface area (Å²) in [6.07, 6.45) is 1.57. The normalized spacial score (nSPS) is 19.3. The van der Waals surface area contributed by atoms with Crippen LogP contribution in [0.25, 0.3) is 0 Å². The van der Waals surface area contributed by atoms with Crippen molar-refractivity contribution in [3.8, 4) is 11.6 Å². The summed E-state index contributed by atoms with van der Waals surface area (Å²) in [5.41, 5.74) is -0.0968. The minimum absolute atomic E-state index is 0.194. The molecule has 2 atom stereocenters. The van der Waals surface area contributed by atoms with Crippen LogP contribution in [0.4, 0.5) is 0 Å². The molecule has 0 radical (unpaired) electrons. The summed E-state index contributed by atoms with van der Waals surface area (Å²) in [6, 6.07) is 8.60. The van der Waals surface area contributed by atoms with Crippen molar-refractivity contribution in [3.05, 3.63) is 41.6 Å². The molecule has 0 aliphatic carbocycles. The van der Waals surface area contributed by atoms with E-state index in [2.05, 4.69) is 5.10 Å². The summed E-state index contributed by atoms with van der Waals surface area (Å²) < 4.78 is 11.9. The van der Waals surface area contributed by atoms with Crippen molar-refractivity contribution < 1.29 is 19.4 Å². The lowest BCUT2D eigenvalue weighted by molar-refractivity contribution is -0.0179. The lowest BCUT2D eigenvalue weighted by atomic mass is 9.86. The van der Waals surface area contributed by atoms with Crippen molar-refractivity contribution >= 4 is 5.91 Å². The van der Waals surface area contributed by atoms with E-state index < -0.39 is 5.60 Å². The van der Waals surface area contributed by atoms with Crippen LogP contribution in [0.5, 0.6) is 11.6 Å². The molecule has 2 aromatic rings. The summed E-state index contributed by atoms with van der Waals surface area (Å²) in [5.74, 6) is 1.05. The van der Waals surface area contributed by atoms with Crippen molar-refractivity contribution in [2.24, 2.45) is 7.05 Å². The molecule has 0 spiro atoms. The summed E-state index contributed by atoms with van der Waals surface area (Å²) in [7, 11) is 4.87. The largest absolute Gasteiger partial charge is 0.497 e. The maximum absolute atomic E-state index is 13.0. The quantitative estimate of drug-likeness (QED) is 0.883. The monoisotopic (exact) mass is 359 g/mol. The molecule has 1 aromatic heterocycles. The van der Waals surface area contributed by atoms with Gasteiger partial charge in [-0.1, -0.05) is 12.1 Å². The van der Waals surface area contributed by atoms with E-state index >= 15 is 0 Å². The van der Waals surface area contributed by atoms with Gasteiger partial charge in [0.25, 0.3) is 5.91 Å². The van der Waals surface area contributed by atoms with Crippen LogP contribution in [-0.2, 0) is 12.6 Å². The lowest BCUT2D eigenvalue weighted by Gasteiger charge is -2.36. The molecule has 1 aliphatic rings. The van der Waals surface area contributed by atoms with Gasteiger partial charge in [-0.2, -0.15) is 5.10 Å². The molecule has 1 N–H and O–H groups in total. The third kappa shape index (κ3) is 3.14. The molecule has 0 unspecified atom stereocenters. The number of hydrogen-bond acceptors (Lipinski definition) is 5. The number of likely N-dealkylation sites (tertiary alicyclic amines) is 1. The van der Waals surface area contributed by atoms with Gasteiger partial charge in [0, 0.05) is 19.7 Å². The van der Waals surface area contributed by atoms with E-state index in [4.69, 9.17) is 9.47 Å². The molecule has 3 rings (SSSR count). The minimum atomic E-state index is -1.17. The van der Waals surface area contributed by atoms with Crippen LogP contribution in [0.1, 0.15) is 35.8 Å². The van der Waals surface area contributed by atoms with Gasteiger partial charge in [-0.05, 0) is 37.5 Å². The molecule has 140 valence electrons. The van der Waals surface area contributed by atoms with Crippen LogP contribution in [-0.4, -0.2) is 52.5 Å². The first-order valence-corrected chi connectivity index (χ1v) is 8.64. The van der Waals surface area contributed by atoms with Crippen molar-refractivity contribution in [2.45, 2.75) is 31.4 Å². The molecule has 1 aliphatic heterocycles. The number of hydrogen-bond donors (Lipinski definition) is 1. The first-order valence-electron chi connectivity index (χ1n) is 8.64. The fourth-order valence-corrected chi connectivity index (χ4v) is 3.61. The summed E-state index contributed by atoms with van der Waals surface area (Å²) in [5, 5.41) is 15.5. The first-order chi connectivity index (χ1) is 12.4. The molecule has 1 saturated heterocycles. The number of aryl methyl sites for hydroxylation is 1. The fraction of sp³-hybridized carbons (Fsp3) is 0.474. The number of aliphatic hydroxyl groups is 1. The van der Waals surface area contributed by atoms with E-state index in [-0.39, 0.29) is 11.9 Å². The van der Waals surface area contributed by atoms with Gasteiger partial charge >= 0.3 is 0 Å². The van der Waals surface area contributed by atoms with E-state index in [0.717, 1.165) is 24.2 Å². The summed E-state index contributed by atoms with van der Waals surface area (Å²) >= 11 is 0. The third-order valence-corrected chi connectivity index (χ3v) is 5.10. The Morgan fingerprint density at radius 3 is 2.54 bits per heavy atom. The average molecular weight is 359 g/mol. The Hall–Kier alpha value is -2.54. The first kappa shape index (κ1) is 18.3. The fourth-order valence-electron chi connectivity index (χ4n) is 3.61. The number of carbonyl (C=O) groups excluding carboxylic acids is 1. The van der Waals surface area contributed by atoms with Gasteiger partial charge in [0.05, 0.1) is 20.3 Å². The van der Waals surface area contributed by atoms with Gasteiger partial charge in [-0.25, -0.2) is 4.68 Å². The minimum Gasteiger partial charge on any atom is -0.497 e. The average Bonchev–Trinajstić information content (AvgIpc) is 3.28.